The molecule has 0 unspecified atom stereocenters. The molecule has 0 atom stereocenters. The second-order valence-electron chi connectivity index (χ2n) is 7.60. The molecule has 2 aliphatic rings. The largest absolute Gasteiger partial charge is 0.326 e. The lowest BCUT2D eigenvalue weighted by Crippen LogP contribution is -2.52. The van der Waals surface area contributed by atoms with Crippen molar-refractivity contribution in [1.29, 1.82) is 0 Å². The number of aliphatic imine (C=N–C) groups is 1. The normalized spacial score (nSPS) is 18.4. The van der Waals surface area contributed by atoms with Gasteiger partial charge in [0, 0.05) is 37.2 Å². The summed E-state index contributed by atoms with van der Waals surface area (Å²) in [5, 5.41) is 5.91. The van der Waals surface area contributed by atoms with Crippen molar-refractivity contribution in [3.8, 4) is 0 Å². The lowest BCUT2D eigenvalue weighted by molar-refractivity contribution is -0.119. The molecule has 7 heteroatoms. The van der Waals surface area contributed by atoms with Crippen molar-refractivity contribution >= 4 is 23.2 Å². The highest BCUT2D eigenvalue weighted by Crippen LogP contribution is 2.29. The maximum absolute atomic E-state index is 13.5. The van der Waals surface area contributed by atoms with Crippen molar-refractivity contribution in [2.24, 2.45) is 4.99 Å². The van der Waals surface area contributed by atoms with Gasteiger partial charge in [0.25, 0.3) is 5.91 Å². The van der Waals surface area contributed by atoms with Crippen molar-refractivity contribution in [3.63, 3.8) is 0 Å². The molecule has 2 aromatic carbocycles. The van der Waals surface area contributed by atoms with Gasteiger partial charge in [-0.05, 0) is 30.7 Å². The van der Waals surface area contributed by atoms with Crippen molar-refractivity contribution in [2.75, 3.05) is 25.0 Å². The van der Waals surface area contributed by atoms with Crippen LogP contribution in [0.25, 0.3) is 0 Å². The molecule has 2 aliphatic heterocycles. The van der Waals surface area contributed by atoms with Crippen LogP contribution >= 0.6 is 0 Å². The lowest BCUT2D eigenvalue weighted by Gasteiger charge is -2.36. The summed E-state index contributed by atoms with van der Waals surface area (Å²) in [4.78, 5) is 31.5. The Bertz CT molecular complexity index is 980. The summed E-state index contributed by atoms with van der Waals surface area (Å²) in [6.45, 7) is 3.53. The highest BCUT2D eigenvalue weighted by molar-refractivity contribution is 6.46. The fourth-order valence-electron chi connectivity index (χ4n) is 3.82. The Morgan fingerprint density at radius 2 is 1.97 bits per heavy atom. The zero-order valence-electron chi connectivity index (χ0n) is 16.2. The molecule has 0 bridgehead atoms. The van der Waals surface area contributed by atoms with Gasteiger partial charge >= 0.3 is 0 Å². The quantitative estimate of drug-likeness (QED) is 0.837. The first-order valence-corrected chi connectivity index (χ1v) is 9.70. The highest BCUT2D eigenvalue weighted by Gasteiger charge is 2.42. The van der Waals surface area contributed by atoms with Gasteiger partial charge in [0.2, 0.25) is 5.91 Å². The second kappa shape index (κ2) is 7.75. The van der Waals surface area contributed by atoms with Gasteiger partial charge in [-0.1, -0.05) is 30.3 Å². The van der Waals surface area contributed by atoms with Gasteiger partial charge in [-0.3, -0.25) is 19.5 Å². The van der Waals surface area contributed by atoms with Gasteiger partial charge in [0.05, 0.1) is 6.54 Å². The SMILES string of the molecule is Cc1ccccc1NC(=O)CN1CCC2(CC1)N=C(c1cccc(F)c1)C(=O)N2. The third-order valence-corrected chi connectivity index (χ3v) is 5.45. The molecule has 0 saturated carbocycles. The number of halogens is 1. The monoisotopic (exact) mass is 394 g/mol. The summed E-state index contributed by atoms with van der Waals surface area (Å²) < 4.78 is 13.5. The molecule has 1 fully saturated rings. The van der Waals surface area contributed by atoms with Crippen LogP contribution in [0.2, 0.25) is 0 Å². The van der Waals surface area contributed by atoms with E-state index in [2.05, 4.69) is 20.5 Å². The van der Waals surface area contributed by atoms with Crippen molar-refractivity contribution in [3.05, 3.63) is 65.5 Å². The Hall–Kier alpha value is -3.06. The standard InChI is InChI=1S/C22H23FN4O2/c1-15-5-2-3-8-18(15)24-19(28)14-27-11-9-22(10-12-27)25-20(21(29)26-22)16-6-4-7-17(23)13-16/h2-8,13H,9-12,14H2,1H3,(H,24,28)(H,26,29). The van der Waals surface area contributed by atoms with Crippen LogP contribution in [0, 0.1) is 12.7 Å². The Kier molecular flexibility index (Phi) is 5.15. The lowest BCUT2D eigenvalue weighted by atomic mass is 9.98. The van der Waals surface area contributed by atoms with Crippen molar-refractivity contribution < 1.29 is 14.0 Å². The zero-order valence-corrected chi connectivity index (χ0v) is 16.2. The molecule has 150 valence electrons. The molecule has 1 spiro atoms. The molecule has 2 aromatic rings. The molecule has 0 aromatic heterocycles. The minimum Gasteiger partial charge on any atom is -0.326 e. The Morgan fingerprint density at radius 1 is 1.21 bits per heavy atom. The summed E-state index contributed by atoms with van der Waals surface area (Å²) in [5.74, 6) is -0.732. The van der Waals surface area contributed by atoms with Crippen LogP contribution < -0.4 is 10.6 Å². The highest BCUT2D eigenvalue weighted by atomic mass is 19.1. The van der Waals surface area contributed by atoms with Crippen LogP contribution in [0.4, 0.5) is 10.1 Å². The molecule has 2 N–H and O–H groups in total. The molecule has 1 saturated heterocycles. The molecule has 2 amide bonds. The molecular weight excluding hydrogens is 371 g/mol. The van der Waals surface area contributed by atoms with Gasteiger partial charge < -0.3 is 10.6 Å². The molecule has 0 radical (unpaired) electrons. The van der Waals surface area contributed by atoms with E-state index in [1.807, 2.05) is 31.2 Å². The average Bonchev–Trinajstić information content (AvgIpc) is 3.02. The van der Waals surface area contributed by atoms with Crippen molar-refractivity contribution in [1.82, 2.24) is 10.2 Å². The van der Waals surface area contributed by atoms with E-state index in [1.165, 1.54) is 12.1 Å². The zero-order chi connectivity index (χ0) is 20.4. The molecule has 0 aliphatic carbocycles. The number of anilines is 1. The number of nitrogens with zero attached hydrogens (tertiary/aromatic N) is 2. The number of hydrogen-bond acceptors (Lipinski definition) is 4. The number of carbonyl (C=O) groups is 2. The van der Waals surface area contributed by atoms with E-state index >= 15 is 0 Å². The Morgan fingerprint density at radius 3 is 2.69 bits per heavy atom. The Balaban J connectivity index is 1.37. The number of nitrogens with one attached hydrogen (secondary N) is 2. The number of benzene rings is 2. The molecule has 4 rings (SSSR count). The van der Waals surface area contributed by atoms with E-state index in [4.69, 9.17) is 0 Å². The second-order valence-corrected chi connectivity index (χ2v) is 7.60. The van der Waals surface area contributed by atoms with Crippen molar-refractivity contribution in [2.45, 2.75) is 25.4 Å². The fourth-order valence-corrected chi connectivity index (χ4v) is 3.82. The van der Waals surface area contributed by atoms with E-state index < -0.39 is 11.5 Å². The van der Waals surface area contributed by atoms with Crippen LogP contribution in [-0.4, -0.2) is 47.7 Å². The topological polar surface area (TPSA) is 73.8 Å². The third-order valence-electron chi connectivity index (χ3n) is 5.45. The van der Waals surface area contributed by atoms with E-state index in [0.717, 1.165) is 11.3 Å². The van der Waals surface area contributed by atoms with E-state index in [0.29, 0.717) is 38.0 Å². The van der Waals surface area contributed by atoms with Crippen LogP contribution in [0.3, 0.4) is 0 Å². The first kappa shape index (κ1) is 19.3. The maximum Gasteiger partial charge on any atom is 0.272 e. The molecule has 6 nitrogen and oxygen atoms in total. The van der Waals surface area contributed by atoms with Gasteiger partial charge in [0.15, 0.2) is 0 Å². The number of amides is 2. The number of aryl methyl sites for hydroxylation is 1. The summed E-state index contributed by atoms with van der Waals surface area (Å²) in [6.07, 6.45) is 1.21. The van der Waals surface area contributed by atoms with Gasteiger partial charge in [0.1, 0.15) is 17.2 Å². The van der Waals surface area contributed by atoms with Gasteiger partial charge in [-0.25, -0.2) is 4.39 Å². The minimum absolute atomic E-state index is 0.0605. The summed E-state index contributed by atoms with van der Waals surface area (Å²) in [6, 6.07) is 13.6. The number of likely N-dealkylation sites (tertiary alicyclic amines) is 1. The summed E-state index contributed by atoms with van der Waals surface area (Å²) in [7, 11) is 0. The molecule has 2 heterocycles. The first-order chi connectivity index (χ1) is 13.9. The number of hydrogen-bond donors (Lipinski definition) is 2. The predicted octanol–water partition coefficient (Wildman–Crippen LogP) is 2.48. The summed E-state index contributed by atoms with van der Waals surface area (Å²) >= 11 is 0. The van der Waals surface area contributed by atoms with Crippen LogP contribution in [0.5, 0.6) is 0 Å². The van der Waals surface area contributed by atoms with Gasteiger partial charge in [-0.2, -0.15) is 0 Å². The maximum atomic E-state index is 13.5. The number of rotatable bonds is 4. The van der Waals surface area contributed by atoms with E-state index in [9.17, 15) is 14.0 Å². The number of piperidine rings is 1. The van der Waals surface area contributed by atoms with E-state index in [-0.39, 0.29) is 17.5 Å². The average molecular weight is 394 g/mol. The van der Waals surface area contributed by atoms with Crippen LogP contribution in [0.1, 0.15) is 24.0 Å². The molecule has 29 heavy (non-hydrogen) atoms. The Labute approximate surface area is 168 Å². The van der Waals surface area contributed by atoms with E-state index in [1.54, 1.807) is 12.1 Å². The minimum atomic E-state index is -0.665. The fraction of sp³-hybridized carbons (Fsp3) is 0.318. The smallest absolute Gasteiger partial charge is 0.272 e. The molecular formula is C22H23FN4O2. The number of carbonyl (C=O) groups excluding carboxylic acids is 2. The van der Waals surface area contributed by atoms with Crippen LogP contribution in [0.15, 0.2) is 53.5 Å². The number of para-hydroxylation sites is 1. The summed E-state index contributed by atoms with van der Waals surface area (Å²) in [5.41, 5.74) is 1.93. The first-order valence-electron chi connectivity index (χ1n) is 9.70. The third kappa shape index (κ3) is 4.19. The van der Waals surface area contributed by atoms with Crippen LogP contribution in [-0.2, 0) is 9.59 Å². The predicted molar refractivity (Wildman–Crippen MR) is 109 cm³/mol. The van der Waals surface area contributed by atoms with Gasteiger partial charge in [-0.15, -0.1) is 0 Å².